The highest BCUT2D eigenvalue weighted by Crippen LogP contribution is 2.28. The number of hydrogen-bond acceptors (Lipinski definition) is 5. The highest BCUT2D eigenvalue weighted by Gasteiger charge is 2.06. The van der Waals surface area contributed by atoms with Gasteiger partial charge < -0.3 is 19.5 Å². The molecule has 0 spiro atoms. The van der Waals surface area contributed by atoms with Gasteiger partial charge in [-0.1, -0.05) is 19.4 Å². The summed E-state index contributed by atoms with van der Waals surface area (Å²) < 4.78 is 15.7. The van der Waals surface area contributed by atoms with Crippen molar-refractivity contribution in [3.63, 3.8) is 0 Å². The van der Waals surface area contributed by atoms with Crippen molar-refractivity contribution in [1.29, 1.82) is 0 Å². The van der Waals surface area contributed by atoms with E-state index in [0.717, 1.165) is 30.6 Å². The molecule has 1 aromatic carbocycles. The minimum absolute atomic E-state index is 0.275. The summed E-state index contributed by atoms with van der Waals surface area (Å²) >= 11 is 0. The molecule has 0 heterocycles. The topological polar surface area (TPSA) is 73.9 Å². The van der Waals surface area contributed by atoms with Gasteiger partial charge in [0.1, 0.15) is 0 Å². The first-order valence-electron chi connectivity index (χ1n) is 8.03. The zero-order chi connectivity index (χ0) is 17.8. The van der Waals surface area contributed by atoms with Crippen molar-refractivity contribution in [1.82, 2.24) is 5.32 Å². The van der Waals surface area contributed by atoms with Gasteiger partial charge in [-0.3, -0.25) is 4.79 Å². The van der Waals surface area contributed by atoms with Crippen LogP contribution in [-0.2, 0) is 20.9 Å². The van der Waals surface area contributed by atoms with Gasteiger partial charge in [0, 0.05) is 18.7 Å². The van der Waals surface area contributed by atoms with Crippen molar-refractivity contribution < 1.29 is 23.8 Å². The Kier molecular flexibility index (Phi) is 9.04. The number of unbranched alkanes of at least 4 members (excludes halogenated alkanes) is 1. The molecule has 6 nitrogen and oxygen atoms in total. The van der Waals surface area contributed by atoms with E-state index in [0.29, 0.717) is 24.7 Å². The van der Waals surface area contributed by atoms with Crippen LogP contribution in [0.2, 0.25) is 0 Å². The molecule has 0 bridgehead atoms. The van der Waals surface area contributed by atoms with Crippen LogP contribution in [-0.4, -0.2) is 32.2 Å². The first kappa shape index (κ1) is 19.5. The van der Waals surface area contributed by atoms with Gasteiger partial charge in [-0.2, -0.15) is 0 Å². The Morgan fingerprint density at radius 2 is 1.96 bits per heavy atom. The average Bonchev–Trinajstić information content (AvgIpc) is 2.59. The van der Waals surface area contributed by atoms with E-state index in [1.165, 1.54) is 0 Å². The van der Waals surface area contributed by atoms with Crippen molar-refractivity contribution in [2.24, 2.45) is 0 Å². The van der Waals surface area contributed by atoms with Crippen molar-refractivity contribution in [2.75, 3.05) is 20.3 Å². The van der Waals surface area contributed by atoms with E-state index < -0.39 is 5.97 Å². The van der Waals surface area contributed by atoms with Gasteiger partial charge in [-0.15, -0.1) is 0 Å². The van der Waals surface area contributed by atoms with Crippen LogP contribution >= 0.6 is 0 Å². The number of carbonyl (C=O) groups is 2. The molecule has 1 N–H and O–H groups in total. The molecule has 0 saturated heterocycles. The summed E-state index contributed by atoms with van der Waals surface area (Å²) in [7, 11) is 1.58. The monoisotopic (exact) mass is 335 g/mol. The largest absolute Gasteiger partial charge is 0.493 e. The van der Waals surface area contributed by atoms with Gasteiger partial charge >= 0.3 is 5.97 Å². The molecule has 0 aliphatic rings. The number of rotatable bonds is 10. The second-order valence-corrected chi connectivity index (χ2v) is 4.99. The van der Waals surface area contributed by atoms with Crippen molar-refractivity contribution >= 4 is 11.9 Å². The highest BCUT2D eigenvalue weighted by atomic mass is 16.5. The van der Waals surface area contributed by atoms with Crippen LogP contribution in [0.1, 0.15) is 32.3 Å². The fourth-order valence-electron chi connectivity index (χ4n) is 1.85. The van der Waals surface area contributed by atoms with Crippen LogP contribution in [0.5, 0.6) is 11.5 Å². The molecule has 24 heavy (non-hydrogen) atoms. The van der Waals surface area contributed by atoms with E-state index in [9.17, 15) is 9.59 Å². The van der Waals surface area contributed by atoms with E-state index in [-0.39, 0.29) is 12.5 Å². The Morgan fingerprint density at radius 3 is 2.62 bits per heavy atom. The summed E-state index contributed by atoms with van der Waals surface area (Å²) in [6.45, 7) is 5.04. The number of esters is 1. The maximum Gasteiger partial charge on any atom is 0.330 e. The molecule has 0 fully saturated rings. The van der Waals surface area contributed by atoms with Gasteiger partial charge in [-0.05, 0) is 31.0 Å². The van der Waals surface area contributed by atoms with Gasteiger partial charge in [-0.25, -0.2) is 4.79 Å². The van der Waals surface area contributed by atoms with Gasteiger partial charge in [0.25, 0.3) is 0 Å². The Bertz CT molecular complexity index is 569. The van der Waals surface area contributed by atoms with Crippen molar-refractivity contribution in [3.05, 3.63) is 35.9 Å². The molecule has 0 aromatic heterocycles. The average molecular weight is 335 g/mol. The van der Waals surface area contributed by atoms with Gasteiger partial charge in [0.2, 0.25) is 5.91 Å². The molecular formula is C18H25NO5. The number of benzene rings is 1. The number of methoxy groups -OCH3 is 1. The maximum atomic E-state index is 11.7. The summed E-state index contributed by atoms with van der Waals surface area (Å²) in [5.74, 6) is 0.399. The normalized spacial score (nSPS) is 10.5. The first-order chi connectivity index (χ1) is 11.6. The molecule has 0 aliphatic carbocycles. The third-order valence-electron chi connectivity index (χ3n) is 3.11. The lowest BCUT2D eigenvalue weighted by molar-refractivity contribution is -0.137. The van der Waals surface area contributed by atoms with Gasteiger partial charge in [0.15, 0.2) is 11.5 Å². The number of ether oxygens (including phenoxy) is 3. The molecule has 0 aliphatic heterocycles. The molecule has 1 aromatic rings. The Hall–Kier alpha value is -2.50. The standard InChI is InChI=1S/C18H25NO5/c1-4-6-11-24-15-8-7-14(12-16(15)22-3)13-19-17(20)9-10-18(21)23-5-2/h7-10,12H,4-6,11,13H2,1-3H3,(H,19,20)/b10-9+. The molecule has 0 saturated carbocycles. The summed E-state index contributed by atoms with van der Waals surface area (Å²) in [5.41, 5.74) is 0.868. The highest BCUT2D eigenvalue weighted by molar-refractivity contribution is 5.94. The fraction of sp³-hybridized carbons (Fsp3) is 0.444. The third-order valence-corrected chi connectivity index (χ3v) is 3.11. The first-order valence-corrected chi connectivity index (χ1v) is 8.03. The molecule has 0 atom stereocenters. The summed E-state index contributed by atoms with van der Waals surface area (Å²) in [6, 6.07) is 5.50. The van der Waals surface area contributed by atoms with E-state index in [1.807, 2.05) is 18.2 Å². The van der Waals surface area contributed by atoms with E-state index in [4.69, 9.17) is 14.2 Å². The Balaban J connectivity index is 2.56. The van der Waals surface area contributed by atoms with Crippen molar-refractivity contribution in [2.45, 2.75) is 33.2 Å². The molecule has 1 amide bonds. The predicted octanol–water partition coefficient (Wildman–Crippen LogP) is 2.61. The fourth-order valence-corrected chi connectivity index (χ4v) is 1.85. The molecular weight excluding hydrogens is 310 g/mol. The van der Waals surface area contributed by atoms with Crippen LogP contribution in [0.4, 0.5) is 0 Å². The third kappa shape index (κ3) is 7.17. The number of carbonyl (C=O) groups excluding carboxylic acids is 2. The maximum absolute atomic E-state index is 11.7. The SMILES string of the molecule is CCCCOc1ccc(CNC(=O)/C=C/C(=O)OCC)cc1OC. The van der Waals surface area contributed by atoms with E-state index in [1.54, 1.807) is 14.0 Å². The quantitative estimate of drug-likeness (QED) is 0.404. The summed E-state index contributed by atoms with van der Waals surface area (Å²) in [6.07, 6.45) is 4.29. The van der Waals surface area contributed by atoms with E-state index in [2.05, 4.69) is 12.2 Å². The van der Waals surface area contributed by atoms with Crippen LogP contribution in [0.3, 0.4) is 0 Å². The van der Waals surface area contributed by atoms with E-state index >= 15 is 0 Å². The predicted molar refractivity (Wildman–Crippen MR) is 91.0 cm³/mol. The number of nitrogens with one attached hydrogen (secondary N) is 1. The summed E-state index contributed by atoms with van der Waals surface area (Å²) in [4.78, 5) is 22.8. The Labute approximate surface area is 142 Å². The summed E-state index contributed by atoms with van der Waals surface area (Å²) in [5, 5.41) is 2.69. The molecule has 132 valence electrons. The molecule has 1 rings (SSSR count). The number of amides is 1. The van der Waals surface area contributed by atoms with Crippen LogP contribution in [0, 0.1) is 0 Å². The Morgan fingerprint density at radius 1 is 1.17 bits per heavy atom. The van der Waals surface area contributed by atoms with Crippen LogP contribution in [0.25, 0.3) is 0 Å². The minimum Gasteiger partial charge on any atom is -0.493 e. The van der Waals surface area contributed by atoms with Gasteiger partial charge in [0.05, 0.1) is 20.3 Å². The number of hydrogen-bond donors (Lipinski definition) is 1. The lowest BCUT2D eigenvalue weighted by atomic mass is 10.2. The van der Waals surface area contributed by atoms with Crippen molar-refractivity contribution in [3.8, 4) is 11.5 Å². The second kappa shape index (κ2) is 11.1. The smallest absolute Gasteiger partial charge is 0.330 e. The zero-order valence-electron chi connectivity index (χ0n) is 14.5. The zero-order valence-corrected chi connectivity index (χ0v) is 14.5. The lowest BCUT2D eigenvalue weighted by Gasteiger charge is -2.12. The molecule has 0 unspecified atom stereocenters. The van der Waals surface area contributed by atoms with Crippen LogP contribution in [0.15, 0.2) is 30.4 Å². The molecule has 0 radical (unpaired) electrons. The minimum atomic E-state index is -0.539. The lowest BCUT2D eigenvalue weighted by Crippen LogP contribution is -2.20. The second-order valence-electron chi connectivity index (χ2n) is 4.99. The van der Waals surface area contributed by atoms with Crippen LogP contribution < -0.4 is 14.8 Å². The molecule has 6 heteroatoms.